The number of benzene rings is 2. The van der Waals surface area contributed by atoms with Crippen molar-refractivity contribution in [2.75, 3.05) is 33.9 Å². The van der Waals surface area contributed by atoms with Gasteiger partial charge in [-0.3, -0.25) is 19.2 Å². The molecule has 0 spiro atoms. The number of halogens is 1. The van der Waals surface area contributed by atoms with Crippen LogP contribution in [-0.4, -0.2) is 91.2 Å². The largest absolute Gasteiger partial charge is 0.496 e. The topological polar surface area (TPSA) is 152 Å². The van der Waals surface area contributed by atoms with Crippen molar-refractivity contribution in [2.45, 2.75) is 44.4 Å². The number of hydrogen-bond acceptors (Lipinski definition) is 9. The number of ketones is 1. The van der Waals surface area contributed by atoms with Crippen LogP contribution in [0.4, 0.5) is 0 Å². The number of nitrogens with one attached hydrogen (secondary N) is 1. The van der Waals surface area contributed by atoms with Crippen LogP contribution in [0.1, 0.15) is 35.7 Å². The molecule has 2 amide bonds. The summed E-state index contributed by atoms with van der Waals surface area (Å²) in [5.74, 6) is -0.844. The molecule has 3 N–H and O–H groups in total. The van der Waals surface area contributed by atoms with E-state index in [1.165, 1.54) is 31.3 Å². The second-order valence-electron chi connectivity index (χ2n) is 9.51. The van der Waals surface area contributed by atoms with Crippen LogP contribution in [0.3, 0.4) is 0 Å². The number of rotatable bonds is 14. The molecule has 0 unspecified atom stereocenters. The van der Waals surface area contributed by atoms with Crippen LogP contribution in [0.5, 0.6) is 17.2 Å². The molecule has 2 aromatic rings. The Balaban J connectivity index is 2.04. The van der Waals surface area contributed by atoms with E-state index in [0.717, 1.165) is 5.56 Å². The zero-order valence-electron chi connectivity index (χ0n) is 23.7. The number of methoxy groups -OCH3 is 2. The Morgan fingerprint density at radius 1 is 1.14 bits per heavy atom. The quantitative estimate of drug-likeness (QED) is 0.154. The summed E-state index contributed by atoms with van der Waals surface area (Å²) in [5.41, 5.74) is 1.36. The first-order valence-electron chi connectivity index (χ1n) is 13.4. The summed E-state index contributed by atoms with van der Waals surface area (Å²) >= 11 is 1.97. The minimum atomic E-state index is -1.35. The summed E-state index contributed by atoms with van der Waals surface area (Å²) in [4.78, 5) is 51.8. The van der Waals surface area contributed by atoms with Crippen molar-refractivity contribution >= 4 is 46.5 Å². The second-order valence-corrected chi connectivity index (χ2v) is 10.7. The minimum Gasteiger partial charge on any atom is -0.496 e. The van der Waals surface area contributed by atoms with Crippen LogP contribution in [0.15, 0.2) is 48.0 Å². The maximum atomic E-state index is 13.4. The van der Waals surface area contributed by atoms with Gasteiger partial charge in [-0.25, -0.2) is 0 Å². The normalized spacial score (nSPS) is 18.0. The molecule has 0 saturated heterocycles. The first-order valence-corrected chi connectivity index (χ1v) is 14.5. The van der Waals surface area contributed by atoms with Crippen LogP contribution in [0, 0.1) is 3.57 Å². The van der Waals surface area contributed by atoms with Crippen molar-refractivity contribution in [1.82, 2.24) is 10.2 Å². The Hall–Kier alpha value is -3.49. The van der Waals surface area contributed by atoms with Gasteiger partial charge in [0, 0.05) is 37.1 Å². The molecule has 11 nitrogen and oxygen atoms in total. The lowest BCUT2D eigenvalue weighted by molar-refractivity contribution is -0.149. The summed E-state index contributed by atoms with van der Waals surface area (Å²) in [7, 11) is 2.94. The van der Waals surface area contributed by atoms with Crippen molar-refractivity contribution in [3.05, 3.63) is 62.7 Å². The lowest BCUT2D eigenvalue weighted by Crippen LogP contribution is -2.56. The van der Waals surface area contributed by atoms with Gasteiger partial charge in [0.2, 0.25) is 11.7 Å². The van der Waals surface area contributed by atoms with Gasteiger partial charge in [-0.2, -0.15) is 0 Å². The molecule has 0 radical (unpaired) electrons. The maximum Gasteiger partial charge on any atom is 0.290 e. The van der Waals surface area contributed by atoms with Crippen molar-refractivity contribution in [1.29, 1.82) is 0 Å². The second kappa shape index (κ2) is 15.7. The van der Waals surface area contributed by atoms with E-state index in [-0.39, 0.29) is 49.6 Å². The summed E-state index contributed by atoms with van der Waals surface area (Å²) in [5, 5.41) is 23.4. The molecule has 3 rings (SSSR count). The fourth-order valence-corrected chi connectivity index (χ4v) is 5.47. The van der Waals surface area contributed by atoms with E-state index in [2.05, 4.69) is 5.32 Å². The molecule has 226 valence electrons. The van der Waals surface area contributed by atoms with Crippen LogP contribution in [0.2, 0.25) is 0 Å². The molecule has 1 aliphatic rings. The van der Waals surface area contributed by atoms with Gasteiger partial charge < -0.3 is 34.6 Å². The van der Waals surface area contributed by atoms with Gasteiger partial charge in [-0.05, 0) is 58.9 Å². The third kappa shape index (κ3) is 7.86. The minimum absolute atomic E-state index is 0.00143. The molecule has 0 bridgehead atoms. The van der Waals surface area contributed by atoms with Gasteiger partial charge in [0.15, 0.2) is 11.5 Å². The zero-order chi connectivity index (χ0) is 30.8. The number of carbonyl (C=O) groups excluding carboxylic acids is 4. The number of Topliss-reactive ketones (excluding diaryl/α,β-unsaturated/α-hetero) is 1. The number of carbonyl (C=O) groups is 4. The monoisotopic (exact) mass is 694 g/mol. The van der Waals surface area contributed by atoms with Gasteiger partial charge in [0.25, 0.3) is 5.91 Å². The van der Waals surface area contributed by atoms with Crippen LogP contribution in [-0.2, 0) is 20.8 Å². The smallest absolute Gasteiger partial charge is 0.290 e. The molecular weight excluding hydrogens is 659 g/mol. The Kier molecular flexibility index (Phi) is 12.3. The summed E-state index contributed by atoms with van der Waals surface area (Å²) in [6.07, 6.45) is -0.147. The highest BCUT2D eigenvalue weighted by molar-refractivity contribution is 14.1. The number of hydrogen-bond donors (Lipinski definition) is 3. The molecule has 12 heteroatoms. The fraction of sp³-hybridized carbons (Fsp3) is 0.400. The highest BCUT2D eigenvalue weighted by Gasteiger charge is 2.42. The summed E-state index contributed by atoms with van der Waals surface area (Å²) in [6.45, 7) is 1.35. The molecule has 42 heavy (non-hydrogen) atoms. The number of aldehydes is 1. The number of aliphatic hydroxyl groups is 2. The molecule has 3 atom stereocenters. The molecular formula is C30H35IN2O9. The Bertz CT molecular complexity index is 1330. The highest BCUT2D eigenvalue weighted by atomic mass is 127. The van der Waals surface area contributed by atoms with Crippen LogP contribution < -0.4 is 19.5 Å². The fourth-order valence-electron chi connectivity index (χ4n) is 4.72. The number of para-hydroxylation sites is 1. The Morgan fingerprint density at radius 2 is 1.86 bits per heavy atom. The number of nitrogens with zero attached hydrogens (tertiary/aromatic N) is 1. The van der Waals surface area contributed by atoms with E-state index in [1.54, 1.807) is 19.1 Å². The van der Waals surface area contributed by atoms with Gasteiger partial charge in [0.1, 0.15) is 24.2 Å². The number of ether oxygens (including phenoxy) is 3. The lowest BCUT2D eigenvalue weighted by Gasteiger charge is -2.40. The summed E-state index contributed by atoms with van der Waals surface area (Å²) < 4.78 is 17.6. The first-order chi connectivity index (χ1) is 20.2. The van der Waals surface area contributed by atoms with E-state index in [9.17, 15) is 29.4 Å². The molecule has 0 saturated carbocycles. The van der Waals surface area contributed by atoms with Crippen LogP contribution in [0.25, 0.3) is 0 Å². The molecule has 0 fully saturated rings. The van der Waals surface area contributed by atoms with Gasteiger partial charge in [-0.15, -0.1) is 0 Å². The predicted octanol–water partition coefficient (Wildman–Crippen LogP) is 2.09. The lowest BCUT2D eigenvalue weighted by atomic mass is 9.87. The third-order valence-electron chi connectivity index (χ3n) is 6.89. The van der Waals surface area contributed by atoms with Gasteiger partial charge >= 0.3 is 0 Å². The average Bonchev–Trinajstić information content (AvgIpc) is 3.01. The van der Waals surface area contributed by atoms with E-state index in [4.69, 9.17) is 14.2 Å². The van der Waals surface area contributed by atoms with Crippen molar-refractivity contribution < 1.29 is 43.6 Å². The average molecular weight is 695 g/mol. The van der Waals surface area contributed by atoms with Crippen LogP contribution >= 0.6 is 22.6 Å². The van der Waals surface area contributed by atoms with Gasteiger partial charge in [-0.1, -0.05) is 25.1 Å². The highest BCUT2D eigenvalue weighted by Crippen LogP contribution is 2.37. The van der Waals surface area contributed by atoms with E-state index < -0.39 is 35.8 Å². The van der Waals surface area contributed by atoms with Crippen molar-refractivity contribution in [3.8, 4) is 17.2 Å². The third-order valence-corrected chi connectivity index (χ3v) is 7.69. The molecule has 0 aliphatic heterocycles. The number of amides is 2. The zero-order valence-corrected chi connectivity index (χ0v) is 25.8. The van der Waals surface area contributed by atoms with E-state index in [0.29, 0.717) is 27.6 Å². The molecule has 1 aliphatic carbocycles. The maximum absolute atomic E-state index is 13.4. The van der Waals surface area contributed by atoms with Crippen molar-refractivity contribution in [3.63, 3.8) is 0 Å². The predicted molar refractivity (Wildman–Crippen MR) is 162 cm³/mol. The molecule has 0 heterocycles. The standard InChI is InChI=1S/C30H35IN2O9/c1-4-23(36)30(39)33(11-9-19-7-5-6-8-24(19)40-2)22-15-20(29(38)32-10-12-34)16-25(27(22)37)42-28-21(31)13-18(17-35)14-26(28)41-3/h5-8,13-14,16-17,22,25,27,34,37H,4,9-12,15H2,1-3H3,(H,32,38)/t22-,25+,27+/m1/s1. The molecule has 2 aromatic carbocycles. The first kappa shape index (κ1) is 33.0. The SMILES string of the molecule is CCC(=O)C(=O)N(CCc1ccccc1OC)[C@@H]1CC(C(=O)NCCO)=C[C@H](Oc2c(I)cc(C=O)cc2OC)[C@H]1O. The van der Waals surface area contributed by atoms with Crippen molar-refractivity contribution in [2.24, 2.45) is 0 Å². The van der Waals surface area contributed by atoms with E-state index in [1.807, 2.05) is 40.8 Å². The Labute approximate surface area is 258 Å². The molecule has 0 aromatic heterocycles. The van der Waals surface area contributed by atoms with Gasteiger partial charge in [0.05, 0.1) is 30.4 Å². The summed E-state index contributed by atoms with van der Waals surface area (Å²) in [6, 6.07) is 9.34. The Morgan fingerprint density at radius 3 is 2.50 bits per heavy atom. The van der Waals surface area contributed by atoms with E-state index >= 15 is 0 Å². The number of aliphatic hydroxyl groups excluding tert-OH is 2.